The number of hydrogen-bond donors (Lipinski definition) is 0. The van der Waals surface area contributed by atoms with Gasteiger partial charge in [-0.1, -0.05) is 6.92 Å². The van der Waals surface area contributed by atoms with E-state index in [2.05, 4.69) is 4.74 Å². The molecule has 12 heavy (non-hydrogen) atoms. The van der Waals surface area contributed by atoms with Crippen LogP contribution in [0, 0.1) is 0 Å². The van der Waals surface area contributed by atoms with Gasteiger partial charge in [0.15, 0.2) is 0 Å². The van der Waals surface area contributed by atoms with Gasteiger partial charge in [-0.15, -0.1) is 0 Å². The average molecular weight is 194 g/mol. The van der Waals surface area contributed by atoms with Gasteiger partial charge in [0.1, 0.15) is 0 Å². The van der Waals surface area contributed by atoms with Crippen molar-refractivity contribution in [1.82, 2.24) is 0 Å². The highest BCUT2D eigenvalue weighted by molar-refractivity contribution is 7.99. The molecule has 4 heteroatoms. The summed E-state index contributed by atoms with van der Waals surface area (Å²) in [5.74, 6) is 0.574. The number of thioether (sulfide) groups is 1. The van der Waals surface area contributed by atoms with Crippen molar-refractivity contribution < 1.29 is 13.9 Å². The smallest absolute Gasteiger partial charge is 0.306 e. The third kappa shape index (κ3) is 6.46. The topological polar surface area (TPSA) is 26.3 Å². The first-order chi connectivity index (χ1) is 5.70. The second kappa shape index (κ2) is 7.40. The average Bonchev–Trinajstić information content (AvgIpc) is 2.05. The lowest BCUT2D eigenvalue weighted by Crippen LogP contribution is -2.09. The molecule has 0 spiro atoms. The third-order valence-corrected chi connectivity index (χ3v) is 2.62. The molecule has 0 radical (unpaired) electrons. The van der Waals surface area contributed by atoms with E-state index in [4.69, 9.17) is 0 Å². The summed E-state index contributed by atoms with van der Waals surface area (Å²) in [5.41, 5.74) is 0. The molecule has 72 valence electrons. The first-order valence-corrected chi connectivity index (χ1v) is 5.00. The van der Waals surface area contributed by atoms with Crippen molar-refractivity contribution >= 4 is 17.7 Å². The number of methoxy groups -OCH3 is 1. The molecule has 0 rings (SSSR count). The highest BCUT2D eigenvalue weighted by Crippen LogP contribution is 2.15. The highest BCUT2D eigenvalue weighted by Gasteiger charge is 2.08. The lowest BCUT2D eigenvalue weighted by Gasteiger charge is -2.07. The van der Waals surface area contributed by atoms with Gasteiger partial charge in [-0.05, 0) is 12.2 Å². The summed E-state index contributed by atoms with van der Waals surface area (Å²) in [5, 5.41) is 0.226. The van der Waals surface area contributed by atoms with Gasteiger partial charge in [-0.2, -0.15) is 11.8 Å². The molecule has 0 heterocycles. The van der Waals surface area contributed by atoms with E-state index in [-0.39, 0.29) is 17.9 Å². The number of hydrogen-bond acceptors (Lipinski definition) is 3. The van der Waals surface area contributed by atoms with Crippen LogP contribution in [0.3, 0.4) is 0 Å². The summed E-state index contributed by atoms with van der Waals surface area (Å²) in [4.78, 5) is 10.7. The number of alkyl halides is 1. The van der Waals surface area contributed by atoms with Gasteiger partial charge >= 0.3 is 5.97 Å². The van der Waals surface area contributed by atoms with E-state index >= 15 is 0 Å². The largest absolute Gasteiger partial charge is 0.469 e. The maximum absolute atomic E-state index is 11.7. The van der Waals surface area contributed by atoms with Gasteiger partial charge in [0.2, 0.25) is 0 Å². The Labute approximate surface area is 76.9 Å². The van der Waals surface area contributed by atoms with Gasteiger partial charge in [0.05, 0.1) is 20.2 Å². The molecule has 0 amide bonds. The Hall–Kier alpha value is -0.250. The van der Waals surface area contributed by atoms with Gasteiger partial charge in [0, 0.05) is 5.25 Å². The molecule has 0 aliphatic heterocycles. The molecule has 0 fully saturated rings. The van der Waals surface area contributed by atoms with Crippen LogP contribution in [0.15, 0.2) is 0 Å². The van der Waals surface area contributed by atoms with Gasteiger partial charge in [-0.25, -0.2) is 0 Å². The Morgan fingerprint density at radius 2 is 2.33 bits per heavy atom. The van der Waals surface area contributed by atoms with Crippen molar-refractivity contribution in [3.05, 3.63) is 0 Å². The SMILES string of the molecule is COC(=O)CC(C)SCCCF. The summed E-state index contributed by atoms with van der Waals surface area (Å²) in [7, 11) is 1.38. The van der Waals surface area contributed by atoms with Crippen LogP contribution < -0.4 is 0 Å². The minimum Gasteiger partial charge on any atom is -0.469 e. The summed E-state index contributed by atoms with van der Waals surface area (Å²) in [6.07, 6.45) is 0.976. The first kappa shape index (κ1) is 11.8. The Balaban J connectivity index is 3.32. The Kier molecular flexibility index (Phi) is 7.25. The maximum atomic E-state index is 11.7. The van der Waals surface area contributed by atoms with E-state index in [0.717, 1.165) is 5.75 Å². The van der Waals surface area contributed by atoms with Crippen molar-refractivity contribution in [3.63, 3.8) is 0 Å². The summed E-state index contributed by atoms with van der Waals surface area (Å²) in [6, 6.07) is 0. The fourth-order valence-electron chi connectivity index (χ4n) is 0.716. The Morgan fingerprint density at radius 1 is 1.67 bits per heavy atom. The lowest BCUT2D eigenvalue weighted by atomic mass is 10.3. The van der Waals surface area contributed by atoms with Crippen molar-refractivity contribution in [1.29, 1.82) is 0 Å². The molecule has 1 atom stereocenters. The normalized spacial score (nSPS) is 12.6. The zero-order valence-electron chi connectivity index (χ0n) is 7.51. The Morgan fingerprint density at radius 3 is 2.83 bits per heavy atom. The van der Waals surface area contributed by atoms with Crippen molar-refractivity contribution in [3.8, 4) is 0 Å². The van der Waals surface area contributed by atoms with Crippen LogP contribution in [0.2, 0.25) is 0 Å². The molecule has 2 nitrogen and oxygen atoms in total. The predicted octanol–water partition coefficient (Wildman–Crippen LogP) is 2.03. The van der Waals surface area contributed by atoms with E-state index in [9.17, 15) is 9.18 Å². The molecule has 0 aliphatic carbocycles. The molecule has 0 aliphatic rings. The minimum absolute atomic E-state index is 0.199. The van der Waals surface area contributed by atoms with Crippen LogP contribution in [-0.4, -0.2) is 30.8 Å². The molecule has 0 saturated carbocycles. The molecular formula is C8H15FO2S. The third-order valence-electron chi connectivity index (χ3n) is 1.36. The zero-order chi connectivity index (χ0) is 9.40. The quantitative estimate of drug-likeness (QED) is 0.478. The first-order valence-electron chi connectivity index (χ1n) is 3.95. The molecular weight excluding hydrogens is 179 g/mol. The van der Waals surface area contributed by atoms with E-state index in [0.29, 0.717) is 12.8 Å². The van der Waals surface area contributed by atoms with Crippen LogP contribution in [0.1, 0.15) is 19.8 Å². The standard InChI is InChI=1S/C8H15FO2S/c1-7(6-8(10)11-2)12-5-3-4-9/h7H,3-6H2,1-2H3. The summed E-state index contributed by atoms with van der Waals surface area (Å²) < 4.78 is 16.2. The van der Waals surface area contributed by atoms with Crippen molar-refractivity contribution in [2.75, 3.05) is 19.5 Å². The molecule has 1 unspecified atom stereocenters. The van der Waals surface area contributed by atoms with Crippen LogP contribution in [-0.2, 0) is 9.53 Å². The second-order valence-corrected chi connectivity index (χ2v) is 4.05. The van der Waals surface area contributed by atoms with Crippen LogP contribution in [0.25, 0.3) is 0 Å². The molecule has 0 N–H and O–H groups in total. The molecule has 0 aromatic carbocycles. The molecule has 0 aromatic heterocycles. The number of halogens is 1. The maximum Gasteiger partial charge on any atom is 0.306 e. The molecule has 0 bridgehead atoms. The number of rotatable bonds is 6. The summed E-state index contributed by atoms with van der Waals surface area (Å²) in [6.45, 7) is 1.66. The Bertz CT molecular complexity index is 130. The summed E-state index contributed by atoms with van der Waals surface area (Å²) >= 11 is 1.60. The lowest BCUT2D eigenvalue weighted by molar-refractivity contribution is -0.140. The number of esters is 1. The monoisotopic (exact) mass is 194 g/mol. The zero-order valence-corrected chi connectivity index (χ0v) is 8.32. The van der Waals surface area contributed by atoms with Crippen LogP contribution in [0.4, 0.5) is 4.39 Å². The molecule has 0 saturated heterocycles. The highest BCUT2D eigenvalue weighted by atomic mass is 32.2. The van der Waals surface area contributed by atoms with Crippen LogP contribution in [0.5, 0.6) is 0 Å². The number of carbonyl (C=O) groups is 1. The van der Waals surface area contributed by atoms with Crippen molar-refractivity contribution in [2.45, 2.75) is 25.0 Å². The van der Waals surface area contributed by atoms with Crippen molar-refractivity contribution in [2.24, 2.45) is 0 Å². The van der Waals surface area contributed by atoms with E-state index < -0.39 is 0 Å². The fraction of sp³-hybridized carbons (Fsp3) is 0.875. The van der Waals surface area contributed by atoms with Gasteiger partial charge < -0.3 is 4.74 Å². The van der Waals surface area contributed by atoms with E-state index in [1.165, 1.54) is 7.11 Å². The second-order valence-electron chi connectivity index (χ2n) is 2.50. The van der Waals surface area contributed by atoms with Gasteiger partial charge in [0.25, 0.3) is 0 Å². The fourth-order valence-corrected chi connectivity index (χ4v) is 1.65. The van der Waals surface area contributed by atoms with Gasteiger partial charge in [-0.3, -0.25) is 9.18 Å². The van der Waals surface area contributed by atoms with E-state index in [1.807, 2.05) is 6.92 Å². The predicted molar refractivity (Wildman–Crippen MR) is 49.1 cm³/mol. The number of ether oxygens (including phenoxy) is 1. The number of carbonyl (C=O) groups excluding carboxylic acids is 1. The minimum atomic E-state index is -0.280. The van der Waals surface area contributed by atoms with Crippen LogP contribution >= 0.6 is 11.8 Å². The molecule has 0 aromatic rings. The van der Waals surface area contributed by atoms with E-state index in [1.54, 1.807) is 11.8 Å².